The summed E-state index contributed by atoms with van der Waals surface area (Å²) in [6, 6.07) is 4.20. The molecule has 0 aromatic heterocycles. The zero-order chi connectivity index (χ0) is 36.8. The van der Waals surface area contributed by atoms with Crippen LogP contribution < -0.4 is 21.4 Å². The van der Waals surface area contributed by atoms with Crippen molar-refractivity contribution < 1.29 is 63.1 Å². The van der Waals surface area contributed by atoms with Gasteiger partial charge in [0.1, 0.15) is 24.7 Å². The molecule has 1 aliphatic rings. The van der Waals surface area contributed by atoms with E-state index >= 15 is 0 Å². The Morgan fingerprint density at radius 1 is 0.878 bits per heavy atom. The number of Topliss-reactive ketones (excluding diaryl/α,β-unsaturated/α-hetero) is 1. The van der Waals surface area contributed by atoms with E-state index in [9.17, 15) is 53.7 Å². The number of benzene rings is 1. The van der Waals surface area contributed by atoms with Crippen LogP contribution in [0.1, 0.15) is 52.5 Å². The van der Waals surface area contributed by atoms with E-state index < -0.39 is 103 Å². The van der Waals surface area contributed by atoms with Gasteiger partial charge in [-0.2, -0.15) is 0 Å². The zero-order valence-corrected chi connectivity index (χ0v) is 27.5. The number of hydrogen-bond acceptors (Lipinski definition) is 11. The molecule has 0 radical (unpaired) electrons. The number of carbonyl (C=O) groups is 8. The molecule has 0 aliphatic carbocycles. The SMILES string of the molecule is CCOC(=O)C1OC1C(=O)CN(NC(=O)[C@H](NC(=O)[C@@H](CCC(=O)O)NC(=O)[C@@H](CC(C)C)NC(=O)Cc1ccccc1)[C@@H](C)O)C(=O)O. The second kappa shape index (κ2) is 19.0. The van der Waals surface area contributed by atoms with Crippen molar-refractivity contribution in [1.82, 2.24) is 26.4 Å². The summed E-state index contributed by atoms with van der Waals surface area (Å²) in [7, 11) is 0. The van der Waals surface area contributed by atoms with Gasteiger partial charge in [-0.25, -0.2) is 14.6 Å². The molecule has 2 rings (SSSR count). The monoisotopic (exact) mass is 693 g/mol. The van der Waals surface area contributed by atoms with Gasteiger partial charge >= 0.3 is 18.0 Å². The van der Waals surface area contributed by atoms with Crippen molar-refractivity contribution in [2.75, 3.05) is 13.2 Å². The number of amides is 5. The fourth-order valence-electron chi connectivity index (χ4n) is 4.56. The number of carbonyl (C=O) groups excluding carboxylic acids is 6. The lowest BCUT2D eigenvalue weighted by molar-refractivity contribution is -0.144. The van der Waals surface area contributed by atoms with E-state index in [0.717, 1.165) is 6.92 Å². The highest BCUT2D eigenvalue weighted by Gasteiger charge is 2.51. The topological polar surface area (TPSA) is 270 Å². The molecule has 1 aromatic carbocycles. The summed E-state index contributed by atoms with van der Waals surface area (Å²) < 4.78 is 9.69. The molecule has 49 heavy (non-hydrogen) atoms. The van der Waals surface area contributed by atoms with Gasteiger partial charge in [0.05, 0.1) is 19.1 Å². The predicted octanol–water partition coefficient (Wildman–Crippen LogP) is -1.11. The number of esters is 1. The highest BCUT2D eigenvalue weighted by molar-refractivity contribution is 5.97. The number of carboxylic acid groups (broad SMARTS) is 2. The first-order chi connectivity index (χ1) is 23.0. The van der Waals surface area contributed by atoms with E-state index in [0.29, 0.717) is 5.56 Å². The van der Waals surface area contributed by atoms with Crippen LogP contribution in [0.25, 0.3) is 0 Å². The standard InChI is InChI=1S/C31H43N5O13/c1-5-48-30(45)26-25(49-26)21(38)15-36(31(46)47)35-29(44)24(17(4)37)34-27(42)19(11-12-23(40)41)33-28(43)20(13-16(2)3)32-22(39)14-18-9-7-6-8-10-18/h6-10,16-17,19-20,24-26,37H,5,11-15H2,1-4H3,(H,32,39)(H,33,43)(H,34,42)(H,35,44)(H,40,41)(H,46,47)/t17-,19-,20-,24-,25?,26?/m1/s1. The average Bonchev–Trinajstić information content (AvgIpc) is 3.82. The molecular formula is C31H43N5O13. The van der Waals surface area contributed by atoms with Crippen LogP contribution in [0.2, 0.25) is 0 Å². The van der Waals surface area contributed by atoms with Gasteiger partial charge in [-0.1, -0.05) is 44.2 Å². The van der Waals surface area contributed by atoms with E-state index in [1.165, 1.54) is 6.92 Å². The van der Waals surface area contributed by atoms with E-state index in [1.807, 2.05) is 5.43 Å². The number of aliphatic hydroxyl groups is 1. The first kappa shape index (κ1) is 40.1. The largest absolute Gasteiger partial charge is 0.481 e. The Morgan fingerprint density at radius 3 is 2.06 bits per heavy atom. The number of hydrogen-bond donors (Lipinski definition) is 7. The van der Waals surface area contributed by atoms with Gasteiger partial charge in [0.25, 0.3) is 5.91 Å². The quantitative estimate of drug-likeness (QED) is 0.0515. The summed E-state index contributed by atoms with van der Waals surface area (Å²) in [6.07, 6.45) is -6.90. The van der Waals surface area contributed by atoms with Crippen LogP contribution in [-0.2, 0) is 49.5 Å². The summed E-state index contributed by atoms with van der Waals surface area (Å²) in [4.78, 5) is 99.8. The smallest absolute Gasteiger partial charge is 0.426 e. The second-order valence-electron chi connectivity index (χ2n) is 11.7. The second-order valence-corrected chi connectivity index (χ2v) is 11.7. The highest BCUT2D eigenvalue weighted by atomic mass is 16.6. The summed E-state index contributed by atoms with van der Waals surface area (Å²) in [5, 5.41) is 36.5. The summed E-state index contributed by atoms with van der Waals surface area (Å²) >= 11 is 0. The van der Waals surface area contributed by atoms with Crippen LogP contribution in [0.3, 0.4) is 0 Å². The molecule has 0 bridgehead atoms. The Labute approximate surface area is 281 Å². The Kier molecular flexibility index (Phi) is 15.6. The number of epoxide rings is 1. The predicted molar refractivity (Wildman–Crippen MR) is 167 cm³/mol. The molecule has 1 saturated heterocycles. The van der Waals surface area contributed by atoms with E-state index in [-0.39, 0.29) is 30.4 Å². The van der Waals surface area contributed by atoms with Crippen LogP contribution in [0.15, 0.2) is 30.3 Å². The lowest BCUT2D eigenvalue weighted by atomic mass is 10.0. The number of ketones is 1. The summed E-state index contributed by atoms with van der Waals surface area (Å²) in [5.74, 6) is -6.78. The average molecular weight is 694 g/mol. The highest BCUT2D eigenvalue weighted by Crippen LogP contribution is 2.24. The number of rotatable bonds is 19. The minimum Gasteiger partial charge on any atom is -0.481 e. The summed E-state index contributed by atoms with van der Waals surface area (Å²) in [5.41, 5.74) is 2.59. The van der Waals surface area contributed by atoms with Crippen LogP contribution in [0.4, 0.5) is 4.79 Å². The maximum atomic E-state index is 13.3. The van der Waals surface area contributed by atoms with Crippen molar-refractivity contribution in [3.8, 4) is 0 Å². The van der Waals surface area contributed by atoms with Gasteiger partial charge in [0, 0.05) is 6.42 Å². The third-order valence-corrected chi connectivity index (χ3v) is 7.03. The van der Waals surface area contributed by atoms with Gasteiger partial charge in [-0.3, -0.25) is 34.2 Å². The maximum Gasteiger partial charge on any atom is 0.426 e. The van der Waals surface area contributed by atoms with Gasteiger partial charge in [0.15, 0.2) is 18.0 Å². The molecule has 18 heteroatoms. The molecule has 6 atom stereocenters. The minimum atomic E-state index is -1.85. The Bertz CT molecular complexity index is 1370. The van der Waals surface area contributed by atoms with Crippen molar-refractivity contribution in [3.05, 3.63) is 35.9 Å². The summed E-state index contributed by atoms with van der Waals surface area (Å²) in [6.45, 7) is 5.29. The number of carboxylic acids is 1. The van der Waals surface area contributed by atoms with E-state index in [1.54, 1.807) is 44.2 Å². The zero-order valence-electron chi connectivity index (χ0n) is 27.5. The van der Waals surface area contributed by atoms with E-state index in [4.69, 9.17) is 9.47 Å². The number of nitrogens with one attached hydrogen (secondary N) is 4. The molecule has 2 unspecified atom stereocenters. The fourth-order valence-corrected chi connectivity index (χ4v) is 4.56. The number of nitrogens with zero attached hydrogens (tertiary/aromatic N) is 1. The molecule has 18 nitrogen and oxygen atoms in total. The van der Waals surface area contributed by atoms with Crippen molar-refractivity contribution in [3.63, 3.8) is 0 Å². The van der Waals surface area contributed by atoms with Crippen molar-refractivity contribution in [2.24, 2.45) is 5.92 Å². The van der Waals surface area contributed by atoms with Crippen molar-refractivity contribution >= 4 is 47.4 Å². The molecule has 270 valence electrons. The third-order valence-electron chi connectivity index (χ3n) is 7.03. The Balaban J connectivity index is 2.15. The van der Waals surface area contributed by atoms with E-state index in [2.05, 4.69) is 16.0 Å². The molecule has 1 aromatic rings. The molecule has 0 spiro atoms. The molecule has 7 N–H and O–H groups in total. The Hall–Kier alpha value is -5.10. The number of hydrazine groups is 1. The fraction of sp³-hybridized carbons (Fsp3) is 0.548. The van der Waals surface area contributed by atoms with Crippen molar-refractivity contribution in [1.29, 1.82) is 0 Å². The first-order valence-corrected chi connectivity index (χ1v) is 15.5. The van der Waals surface area contributed by atoms with Crippen LogP contribution in [0, 0.1) is 5.92 Å². The maximum absolute atomic E-state index is 13.3. The van der Waals surface area contributed by atoms with Crippen LogP contribution in [0.5, 0.6) is 0 Å². The normalized spacial score (nSPS) is 17.3. The first-order valence-electron chi connectivity index (χ1n) is 15.5. The molecule has 1 heterocycles. The third kappa shape index (κ3) is 13.5. The molecule has 0 saturated carbocycles. The number of ether oxygens (including phenoxy) is 2. The van der Waals surface area contributed by atoms with Gasteiger partial charge in [0.2, 0.25) is 17.7 Å². The minimum absolute atomic E-state index is 0.0219. The molecule has 1 aliphatic heterocycles. The molecule has 5 amide bonds. The van der Waals surface area contributed by atoms with Crippen LogP contribution >= 0.6 is 0 Å². The van der Waals surface area contributed by atoms with Crippen LogP contribution in [-0.4, -0.2) is 117 Å². The lowest BCUT2D eigenvalue weighted by Crippen LogP contribution is -2.61. The number of aliphatic hydroxyl groups excluding tert-OH is 1. The van der Waals surface area contributed by atoms with Gasteiger partial charge in [-0.15, -0.1) is 0 Å². The van der Waals surface area contributed by atoms with Crippen molar-refractivity contribution in [2.45, 2.75) is 89.8 Å². The lowest BCUT2D eigenvalue weighted by Gasteiger charge is -2.28. The molecular weight excluding hydrogens is 650 g/mol. The molecule has 1 fully saturated rings. The van der Waals surface area contributed by atoms with Gasteiger partial charge in [-0.05, 0) is 38.2 Å². The van der Waals surface area contributed by atoms with Gasteiger partial charge < -0.3 is 40.7 Å². The number of aliphatic carboxylic acids is 1. The Morgan fingerprint density at radius 2 is 1.51 bits per heavy atom.